The third-order valence-electron chi connectivity index (χ3n) is 10.7. The summed E-state index contributed by atoms with van der Waals surface area (Å²) in [6.45, 7) is -2.79. The van der Waals surface area contributed by atoms with Gasteiger partial charge in [0.2, 0.25) is 0 Å². The zero-order valence-electron chi connectivity index (χ0n) is 33.5. The summed E-state index contributed by atoms with van der Waals surface area (Å²) in [5, 5.41) is 43.6. The summed E-state index contributed by atoms with van der Waals surface area (Å²) in [4.78, 5) is 77.4. The Labute approximate surface area is 371 Å². The smallest absolute Gasteiger partial charge is 0.394 e. The molecule has 0 bridgehead atoms. The average molecular weight is 1010 g/mol. The molecule has 67 heavy (non-hydrogen) atoms. The number of ether oxygens (including phenoxy) is 3. The van der Waals surface area contributed by atoms with Crippen molar-refractivity contribution in [2.24, 2.45) is 0 Å². The van der Waals surface area contributed by atoms with Crippen LogP contribution >= 0.6 is 23.5 Å². The Morgan fingerprint density at radius 3 is 1.19 bits per heavy atom. The molecule has 9 heterocycles. The van der Waals surface area contributed by atoms with Crippen LogP contribution < -0.4 is 17.2 Å². The van der Waals surface area contributed by atoms with Crippen molar-refractivity contribution in [1.82, 2.24) is 58.6 Å². The quantitative estimate of drug-likeness (QED) is 0.0419. The fourth-order valence-electron chi connectivity index (χ4n) is 7.62. The number of hydrogen-bond acceptors (Lipinski definition) is 27. The number of aromatic nitrogens is 12. The van der Waals surface area contributed by atoms with Crippen LogP contribution in [0.25, 0.3) is 33.5 Å². The van der Waals surface area contributed by atoms with E-state index < -0.39 is 117 Å². The standard InChI is InChI=1S/C30H38N15O19P3/c31-22-13-25(37-4-34-22)43(7-40-13)28-19(62-65(50,51)52)17(48)11(60-28)2-57-67(55,56)64-21-18(49)12(61-30(21)45-9-42-15-24(33)36-6-39-27(15)45)3-58-66(53,54)63-20-16(47)10(1-46)59-29(20)44-8-41-14-23(32)35-5-38-26(14)44/h4-12,16-21,28-30,46-49H,1-3H2,(H,53,54)(H,55,56)(H2,31,34,37)(H2,32,35,38)(H2,33,36,39)(H2,50,51,52)/t10-,11-,12-,16-,17-,18-,19-,20-,21-,28-,29-,30-/m1/s1. The lowest BCUT2D eigenvalue weighted by Crippen LogP contribution is -2.37. The third kappa shape index (κ3) is 9.10. The highest BCUT2D eigenvalue weighted by atomic mass is 31.2. The third-order valence-corrected chi connectivity index (χ3v) is 13.2. The van der Waals surface area contributed by atoms with Gasteiger partial charge in [-0.1, -0.05) is 0 Å². The van der Waals surface area contributed by atoms with E-state index in [1.54, 1.807) is 0 Å². The van der Waals surface area contributed by atoms with Crippen molar-refractivity contribution >= 4 is 74.4 Å². The van der Waals surface area contributed by atoms with E-state index in [0.717, 1.165) is 40.8 Å². The van der Waals surface area contributed by atoms with Crippen LogP contribution in [0.15, 0.2) is 38.0 Å². The second-order valence-electron chi connectivity index (χ2n) is 14.8. The minimum Gasteiger partial charge on any atom is -0.394 e. The minimum atomic E-state index is -5.45. The van der Waals surface area contributed by atoms with Crippen LogP contribution in [0.1, 0.15) is 18.7 Å². The molecule has 14 N–H and O–H groups in total. The largest absolute Gasteiger partial charge is 0.472 e. The van der Waals surface area contributed by atoms with Gasteiger partial charge in [-0.25, -0.2) is 58.6 Å². The number of hydrogen-bond donors (Lipinski definition) is 11. The molecule has 3 saturated heterocycles. The Morgan fingerprint density at radius 2 is 0.851 bits per heavy atom. The maximum Gasteiger partial charge on any atom is 0.472 e. The molecule has 0 saturated carbocycles. The highest BCUT2D eigenvalue weighted by Crippen LogP contribution is 2.53. The van der Waals surface area contributed by atoms with Crippen molar-refractivity contribution in [3.63, 3.8) is 0 Å². The van der Waals surface area contributed by atoms with Crippen LogP contribution in [-0.4, -0.2) is 173 Å². The highest BCUT2D eigenvalue weighted by Gasteiger charge is 2.54. The molecule has 3 aliphatic heterocycles. The molecule has 0 amide bonds. The van der Waals surface area contributed by atoms with Gasteiger partial charge in [-0.2, -0.15) is 0 Å². The monoisotopic (exact) mass is 1010 g/mol. The van der Waals surface area contributed by atoms with E-state index in [4.69, 9.17) is 54.0 Å². The van der Waals surface area contributed by atoms with Gasteiger partial charge in [-0.3, -0.25) is 36.3 Å². The summed E-state index contributed by atoms with van der Waals surface area (Å²) in [5.41, 5.74) is 17.9. The first-order valence-electron chi connectivity index (χ1n) is 19.2. The van der Waals surface area contributed by atoms with Crippen molar-refractivity contribution < 1.29 is 90.5 Å². The van der Waals surface area contributed by atoms with Crippen molar-refractivity contribution in [2.75, 3.05) is 37.0 Å². The van der Waals surface area contributed by atoms with Gasteiger partial charge in [0, 0.05) is 0 Å². The fourth-order valence-corrected chi connectivity index (χ4v) is 10.0. The number of imidazole rings is 3. The topological polar surface area (TPSA) is 496 Å². The van der Waals surface area contributed by atoms with Gasteiger partial charge in [0.1, 0.15) is 90.5 Å². The van der Waals surface area contributed by atoms with Crippen LogP contribution in [0.2, 0.25) is 0 Å². The first-order valence-corrected chi connectivity index (χ1v) is 23.7. The number of rotatable bonds is 16. The van der Waals surface area contributed by atoms with E-state index in [-0.39, 0.29) is 50.9 Å². The Kier molecular flexibility index (Phi) is 12.6. The molecule has 37 heteroatoms. The number of phosphoric acid groups is 3. The Hall–Kier alpha value is -4.90. The predicted molar refractivity (Wildman–Crippen MR) is 214 cm³/mol. The van der Waals surface area contributed by atoms with Gasteiger partial charge < -0.3 is 71.4 Å². The molecular formula is C30H38N15O19P3. The fraction of sp³-hybridized carbons (Fsp3) is 0.500. The van der Waals surface area contributed by atoms with Crippen LogP contribution in [-0.2, 0) is 50.5 Å². The predicted octanol–water partition coefficient (Wildman–Crippen LogP) is -3.50. The molecule has 2 unspecified atom stereocenters. The second kappa shape index (κ2) is 17.9. The number of nitrogens with two attached hydrogens (primary N) is 3. The van der Waals surface area contributed by atoms with Gasteiger partial charge in [0.05, 0.1) is 38.8 Å². The van der Waals surface area contributed by atoms with Gasteiger partial charge in [0.15, 0.2) is 53.1 Å². The van der Waals surface area contributed by atoms with Crippen LogP contribution in [0, 0.1) is 0 Å². The van der Waals surface area contributed by atoms with Crippen molar-refractivity contribution in [2.45, 2.75) is 73.6 Å². The minimum absolute atomic E-state index is 0.000846. The Balaban J connectivity index is 0.928. The van der Waals surface area contributed by atoms with E-state index in [1.807, 2.05) is 0 Å². The summed E-state index contributed by atoms with van der Waals surface area (Å²) in [5.74, 6) is -0.178. The summed E-state index contributed by atoms with van der Waals surface area (Å²) in [6, 6.07) is 0. The van der Waals surface area contributed by atoms with E-state index in [1.165, 1.54) is 10.9 Å². The zero-order chi connectivity index (χ0) is 47.7. The average Bonchev–Trinajstić information content (AvgIpc) is 4.13. The van der Waals surface area contributed by atoms with Crippen molar-refractivity contribution in [3.8, 4) is 0 Å². The maximum atomic E-state index is 13.7. The van der Waals surface area contributed by atoms with E-state index >= 15 is 0 Å². The van der Waals surface area contributed by atoms with Crippen LogP contribution in [0.5, 0.6) is 0 Å². The number of phosphoric ester groups is 3. The van der Waals surface area contributed by atoms with Crippen LogP contribution in [0.4, 0.5) is 17.5 Å². The molecule has 0 spiro atoms. The maximum absolute atomic E-state index is 13.7. The molecule has 362 valence electrons. The van der Waals surface area contributed by atoms with Crippen molar-refractivity contribution in [1.29, 1.82) is 0 Å². The lowest BCUT2D eigenvalue weighted by molar-refractivity contribution is -0.0643. The number of aliphatic hydroxyl groups is 4. The second-order valence-corrected chi connectivity index (χ2v) is 18.8. The lowest BCUT2D eigenvalue weighted by Gasteiger charge is -2.25. The number of fused-ring (bicyclic) bond motifs is 3. The molecule has 9 rings (SSSR count). The Morgan fingerprint density at radius 1 is 0.522 bits per heavy atom. The Bertz CT molecular complexity index is 2940. The van der Waals surface area contributed by atoms with E-state index in [2.05, 4.69) is 44.9 Å². The van der Waals surface area contributed by atoms with Gasteiger partial charge in [0.25, 0.3) is 0 Å². The SMILES string of the molecule is Nc1ncnc2c1ncn2[C@@H]1O[C@H](COP(=O)(O)O[C@@H]2[C@H](O)[C@@H](COP(=O)(O)O[C@@H]3[C@H](O)[C@@H](CO)O[C@H]3n3cnc4c(N)ncnc43)O[C@H]2n2cnc3c(N)ncnc32)[C@@H](O)[C@H]1OP(=O)(O)O. The molecule has 34 nitrogen and oxygen atoms in total. The summed E-state index contributed by atoms with van der Waals surface area (Å²) < 4.78 is 86.2. The summed E-state index contributed by atoms with van der Waals surface area (Å²) >= 11 is 0. The zero-order valence-corrected chi connectivity index (χ0v) is 36.2. The summed E-state index contributed by atoms with van der Waals surface area (Å²) in [6.07, 6.45) is -14.0. The number of nitrogen functional groups attached to an aromatic ring is 3. The number of anilines is 3. The van der Waals surface area contributed by atoms with Gasteiger partial charge in [-0.15, -0.1) is 0 Å². The molecule has 3 aliphatic rings. The molecular weight excluding hydrogens is 967 g/mol. The molecule has 3 fully saturated rings. The molecule has 0 radical (unpaired) electrons. The van der Waals surface area contributed by atoms with Crippen LogP contribution in [0.3, 0.4) is 0 Å². The molecule has 0 aromatic carbocycles. The normalized spacial score (nSPS) is 31.0. The molecule has 14 atom stereocenters. The lowest BCUT2D eigenvalue weighted by atomic mass is 10.1. The van der Waals surface area contributed by atoms with Crippen molar-refractivity contribution in [3.05, 3.63) is 38.0 Å². The first-order chi connectivity index (χ1) is 31.7. The van der Waals surface area contributed by atoms with E-state index in [0.29, 0.717) is 0 Å². The van der Waals surface area contributed by atoms with E-state index in [9.17, 15) is 53.7 Å². The first kappa shape index (κ1) is 47.2. The highest BCUT2D eigenvalue weighted by molar-refractivity contribution is 7.47. The van der Waals surface area contributed by atoms with Gasteiger partial charge >= 0.3 is 23.5 Å². The molecule has 6 aromatic heterocycles. The summed E-state index contributed by atoms with van der Waals surface area (Å²) in [7, 11) is -16.1. The molecule has 6 aromatic rings. The number of aliphatic hydroxyl groups excluding tert-OH is 4. The van der Waals surface area contributed by atoms with Gasteiger partial charge in [-0.05, 0) is 0 Å². The number of nitrogens with zero attached hydrogens (tertiary/aromatic N) is 12. The molecule has 0 aliphatic carbocycles.